The lowest BCUT2D eigenvalue weighted by atomic mass is 9.80. The van der Waals surface area contributed by atoms with Gasteiger partial charge in [0.15, 0.2) is 17.6 Å². The minimum Gasteiger partial charge on any atom is -0.497 e. The van der Waals surface area contributed by atoms with Crippen molar-refractivity contribution in [3.05, 3.63) is 181 Å². The van der Waals surface area contributed by atoms with Crippen molar-refractivity contribution in [1.29, 1.82) is 5.26 Å². The summed E-state index contributed by atoms with van der Waals surface area (Å²) in [6, 6.07) is 44.8. The van der Waals surface area contributed by atoms with Crippen molar-refractivity contribution >= 4 is 49.6 Å². The van der Waals surface area contributed by atoms with E-state index in [1.54, 1.807) is 31.7 Å². The Hall–Kier alpha value is -7.55. The van der Waals surface area contributed by atoms with Crippen LogP contribution >= 0.6 is 8.53 Å². The van der Waals surface area contributed by atoms with E-state index in [9.17, 15) is 25.4 Å². The highest BCUT2D eigenvalue weighted by molar-refractivity contribution is 7.44. The monoisotopic (exact) mass is 1180 g/mol. The average Bonchev–Trinajstić information content (AvgIpc) is 1.66. The molecule has 10 atom stereocenters. The number of methoxy groups -OCH3 is 2. The summed E-state index contributed by atoms with van der Waals surface area (Å²) < 4.78 is 49.3. The number of anilines is 3. The van der Waals surface area contributed by atoms with Gasteiger partial charge in [-0.3, -0.25) is 9.47 Å². The van der Waals surface area contributed by atoms with E-state index in [1.807, 2.05) is 174 Å². The van der Waals surface area contributed by atoms with Gasteiger partial charge in [-0.2, -0.15) is 19.7 Å². The van der Waals surface area contributed by atoms with E-state index in [0.29, 0.717) is 28.6 Å². The number of aromatic nitrogens is 4. The van der Waals surface area contributed by atoms with E-state index in [1.165, 1.54) is 17.2 Å². The molecule has 3 aliphatic heterocycles. The first kappa shape index (κ1) is 60.6. The summed E-state index contributed by atoms with van der Waals surface area (Å²) in [4.78, 5) is 35.2. The zero-order chi connectivity index (χ0) is 59.8. The SMILES string of the molecule is COc1ccc(C(OC[C@H]2O[C@@H]([N+]3([C@@H]4C[C@H](O)[C@@H](CO)O4)C=Nc4c(NC(C)c5cn(C(=O)N(c6ccccc6)c6ccccc6)cn5)ncnc43)[C@H](O)[C@@H]2OP(OCCC#N)N(C(C)C)C(C)C)(c2ccccc2)c2ccc(OC)cc2)cc1. The van der Waals surface area contributed by atoms with E-state index >= 15 is 0 Å². The van der Waals surface area contributed by atoms with Crippen molar-refractivity contribution < 1.29 is 52.8 Å². The first-order valence-electron chi connectivity index (χ1n) is 28.3. The minimum atomic E-state index is -2.01. The number of fused-ring (bicyclic) bond motifs is 1. The van der Waals surface area contributed by atoms with E-state index in [0.717, 1.165) is 16.7 Å². The van der Waals surface area contributed by atoms with Gasteiger partial charge in [0.2, 0.25) is 18.8 Å². The summed E-state index contributed by atoms with van der Waals surface area (Å²) in [6.45, 7) is 9.32. The fourth-order valence-corrected chi connectivity index (χ4v) is 13.2. The van der Waals surface area contributed by atoms with Gasteiger partial charge in [0.1, 0.15) is 48.1 Å². The lowest BCUT2D eigenvalue weighted by molar-refractivity contribution is -0.141. The number of aliphatic hydroxyl groups excluding tert-OH is 3. The number of amides is 1. The first-order valence-corrected chi connectivity index (χ1v) is 29.4. The number of imidazole rings is 1. The van der Waals surface area contributed by atoms with E-state index in [4.69, 9.17) is 42.7 Å². The highest BCUT2D eigenvalue weighted by Crippen LogP contribution is 2.54. The molecule has 444 valence electrons. The minimum absolute atomic E-state index is 0.0297. The molecule has 3 unspecified atom stereocenters. The molecule has 5 aromatic carbocycles. The number of nitrogens with zero attached hydrogens (tertiary/aromatic N) is 9. The Morgan fingerprint density at radius 2 is 1.40 bits per heavy atom. The number of benzene rings is 5. The van der Waals surface area contributed by atoms with Crippen LogP contribution in [0.25, 0.3) is 0 Å². The summed E-state index contributed by atoms with van der Waals surface area (Å²) >= 11 is 0. The van der Waals surface area contributed by atoms with Crippen LogP contribution in [0, 0.1) is 11.3 Å². The molecule has 0 radical (unpaired) electrons. The lowest BCUT2D eigenvalue weighted by Gasteiger charge is -2.40. The van der Waals surface area contributed by atoms with Crippen molar-refractivity contribution in [3.8, 4) is 17.6 Å². The Kier molecular flexibility index (Phi) is 19.1. The molecule has 7 aromatic rings. The molecule has 1 amide bonds. The Balaban J connectivity index is 1.05. The van der Waals surface area contributed by atoms with E-state index in [-0.39, 0.29) is 61.5 Å². The van der Waals surface area contributed by atoms with Crippen LogP contribution in [0.3, 0.4) is 0 Å². The fourth-order valence-electron chi connectivity index (χ4n) is 11.4. The Morgan fingerprint density at radius 3 is 1.95 bits per heavy atom. The first-order chi connectivity index (χ1) is 41.2. The van der Waals surface area contributed by atoms with Crippen molar-refractivity contribution in [2.75, 3.05) is 44.3 Å². The summed E-state index contributed by atoms with van der Waals surface area (Å²) in [6.07, 6.45) is -2.23. The van der Waals surface area contributed by atoms with Crippen LogP contribution < -0.4 is 24.2 Å². The van der Waals surface area contributed by atoms with Crippen LogP contribution in [0.2, 0.25) is 0 Å². The highest BCUT2D eigenvalue weighted by Gasteiger charge is 2.65. The summed E-state index contributed by atoms with van der Waals surface area (Å²) in [5.41, 5.74) is 3.09. The van der Waals surface area contributed by atoms with E-state index in [2.05, 4.69) is 26.0 Å². The normalized spacial score (nSPS) is 22.6. The number of para-hydroxylation sites is 2. The molecular formula is C63H72N10O11P+. The molecule has 2 aromatic heterocycles. The smallest absolute Gasteiger partial charge is 0.338 e. The second kappa shape index (κ2) is 26.8. The maximum absolute atomic E-state index is 14.4. The Bertz CT molecular complexity index is 3300. The largest absolute Gasteiger partial charge is 0.497 e. The molecule has 3 aliphatic rings. The van der Waals surface area contributed by atoms with Gasteiger partial charge in [-0.25, -0.2) is 19.4 Å². The van der Waals surface area contributed by atoms with Crippen LogP contribution in [-0.4, -0.2) is 141 Å². The number of nitriles is 1. The van der Waals surface area contributed by atoms with Gasteiger partial charge in [0.05, 0.1) is 82.2 Å². The maximum atomic E-state index is 14.4. The van der Waals surface area contributed by atoms with Gasteiger partial charge in [0, 0.05) is 18.3 Å². The van der Waals surface area contributed by atoms with Crippen molar-refractivity contribution in [2.45, 2.75) is 114 Å². The topological polar surface area (TPSA) is 241 Å². The summed E-state index contributed by atoms with van der Waals surface area (Å²) in [5.74, 6) is 1.82. The third-order valence-corrected chi connectivity index (χ3v) is 17.6. The zero-order valence-electron chi connectivity index (χ0n) is 48.5. The number of nitrogens with one attached hydrogen (secondary N) is 1. The number of hydrogen-bond acceptors (Lipinski definition) is 18. The number of aliphatic hydroxyl groups is 3. The van der Waals surface area contributed by atoms with Crippen LogP contribution in [0.4, 0.5) is 33.5 Å². The highest BCUT2D eigenvalue weighted by atomic mass is 31.2. The van der Waals surface area contributed by atoms with Gasteiger partial charge in [0.25, 0.3) is 14.3 Å². The van der Waals surface area contributed by atoms with Gasteiger partial charge < -0.3 is 53.4 Å². The molecule has 0 aliphatic carbocycles. The molecule has 10 rings (SSSR count). The van der Waals surface area contributed by atoms with E-state index < -0.39 is 74.2 Å². The van der Waals surface area contributed by atoms with Gasteiger partial charge >= 0.3 is 6.03 Å². The third-order valence-electron chi connectivity index (χ3n) is 15.5. The fraction of sp³-hybridized carbons (Fsp3) is 0.365. The second-order valence-electron chi connectivity index (χ2n) is 21.4. The third kappa shape index (κ3) is 12.2. The van der Waals surface area contributed by atoms with Crippen molar-refractivity contribution in [3.63, 3.8) is 0 Å². The predicted molar refractivity (Wildman–Crippen MR) is 321 cm³/mol. The zero-order valence-corrected chi connectivity index (χ0v) is 49.4. The molecule has 0 spiro atoms. The van der Waals surface area contributed by atoms with Crippen LogP contribution in [0.15, 0.2) is 163 Å². The molecule has 2 fully saturated rings. The number of carbonyl (C=O) groups excluding carboxylic acids is 1. The standard InChI is InChI=1S/C63H72N10O11P/c1-41(2)72(42(3)4)85(81-33-17-32-64)84-58-54(37-80-63(44-18-11-8-12-19-44,45-24-28-49(78-6)29-25-45)46-26-30-50(79-7)31-27-46)83-61(57(58)76)73(55-34-52(75)53(36-74)82-55)40-68-56-59(65-38-66-60(56)73)69-43(5)51-35-70(39-67-51)62(77)71(47-20-13-9-14-21-47)48-22-15-10-16-23-48/h8-16,18-31,35,38-43,52-55,57-58,61,74-76H,17,33-34,36-37H2,1-7H3,(H,65,66,69)/q+1/t43?,52-,53+,54+,55-,57+,58+,61+,73?,85?/m0/s1. The quantitative estimate of drug-likeness (QED) is 0.0190. The number of hydrogen-bond donors (Lipinski definition) is 4. The van der Waals surface area contributed by atoms with Crippen LogP contribution in [0.5, 0.6) is 11.5 Å². The molecular weight excluding hydrogens is 1100 g/mol. The summed E-state index contributed by atoms with van der Waals surface area (Å²) in [7, 11) is 1.20. The molecule has 0 saturated carbocycles. The summed E-state index contributed by atoms with van der Waals surface area (Å²) in [5, 5.41) is 48.6. The number of quaternary nitrogens is 1. The van der Waals surface area contributed by atoms with Gasteiger partial charge in [-0.1, -0.05) is 91.0 Å². The molecule has 22 heteroatoms. The maximum Gasteiger partial charge on any atom is 0.338 e. The number of aliphatic imine (C=N–C) groups is 1. The molecule has 2 saturated heterocycles. The van der Waals surface area contributed by atoms with Crippen LogP contribution in [0.1, 0.15) is 75.9 Å². The molecule has 85 heavy (non-hydrogen) atoms. The average molecular weight is 1180 g/mol. The number of carbonyl (C=O) groups is 1. The molecule has 5 heterocycles. The molecule has 0 bridgehead atoms. The van der Waals surface area contributed by atoms with Gasteiger partial charge in [-0.05, 0) is 99.8 Å². The second-order valence-corrected chi connectivity index (χ2v) is 22.8. The molecule has 21 nitrogen and oxygen atoms in total. The van der Waals surface area contributed by atoms with Gasteiger partial charge in [-0.15, -0.1) is 0 Å². The number of ether oxygens (including phenoxy) is 5. The lowest BCUT2D eigenvalue weighted by Crippen LogP contribution is -2.65. The van der Waals surface area contributed by atoms with Crippen molar-refractivity contribution in [1.82, 2.24) is 28.7 Å². The van der Waals surface area contributed by atoms with Crippen LogP contribution in [-0.2, 0) is 28.9 Å². The number of rotatable bonds is 24. The Morgan fingerprint density at radius 1 is 0.812 bits per heavy atom. The predicted octanol–water partition coefficient (Wildman–Crippen LogP) is 9.87. The Labute approximate surface area is 496 Å². The van der Waals surface area contributed by atoms with Crippen molar-refractivity contribution in [2.24, 2.45) is 4.99 Å². The molecule has 4 N–H and O–H groups in total.